The molecule has 5 rings (SSSR count). The fourth-order valence-corrected chi connectivity index (χ4v) is 3.17. The van der Waals surface area contributed by atoms with Crippen molar-refractivity contribution in [1.82, 2.24) is 0 Å². The summed E-state index contributed by atoms with van der Waals surface area (Å²) in [6.07, 6.45) is 0. The average Bonchev–Trinajstić information content (AvgIpc) is 3.21. The zero-order valence-electron chi connectivity index (χ0n) is 19.9. The van der Waals surface area contributed by atoms with Gasteiger partial charge in [-0.2, -0.15) is 0 Å². The minimum atomic E-state index is -0.684. The van der Waals surface area contributed by atoms with E-state index in [1.54, 1.807) is 24.3 Å². The Kier molecular flexibility index (Phi) is 14.6. The molecule has 0 fully saturated rings. The Morgan fingerprint density at radius 3 is 1.91 bits per heavy atom. The first-order chi connectivity index (χ1) is 16.0. The number of furan rings is 1. The number of phenols is 1. The summed E-state index contributed by atoms with van der Waals surface area (Å²) >= 11 is 0. The van der Waals surface area contributed by atoms with Crippen molar-refractivity contribution in [2.75, 3.05) is 0 Å². The number of hydrogen-bond acceptors (Lipinski definition) is 5. The molecule has 0 radical (unpaired) electrons. The van der Waals surface area contributed by atoms with Crippen LogP contribution in [0.2, 0.25) is 0 Å². The maximum absolute atomic E-state index is 13.5. The van der Waals surface area contributed by atoms with E-state index in [4.69, 9.17) is 14.5 Å². The molecule has 5 aromatic rings. The Bertz CT molecular complexity index is 1380. The van der Waals surface area contributed by atoms with Gasteiger partial charge in [-0.05, 0) is 36.4 Å². The van der Waals surface area contributed by atoms with Crippen LogP contribution >= 0.6 is 0 Å². The summed E-state index contributed by atoms with van der Waals surface area (Å²) in [4.78, 5) is 11.2. The second kappa shape index (κ2) is 15.9. The third-order valence-electron chi connectivity index (χ3n) is 4.53. The molecule has 0 spiro atoms. The van der Waals surface area contributed by atoms with Gasteiger partial charge in [0.25, 0.3) is 6.47 Å². The van der Waals surface area contributed by atoms with E-state index in [1.165, 1.54) is 24.3 Å². The Balaban J connectivity index is 0.000000554. The number of carbonyl (C=O) groups is 1. The van der Waals surface area contributed by atoms with E-state index < -0.39 is 11.6 Å². The normalized spacial score (nSPS) is 9.49. The summed E-state index contributed by atoms with van der Waals surface area (Å²) in [5.41, 5.74) is 1.29. The molecule has 170 valence electrons. The zero-order valence-corrected chi connectivity index (χ0v) is 25.1. The topological polar surface area (TPSA) is 82.7 Å². The van der Waals surface area contributed by atoms with Gasteiger partial charge in [-0.15, -0.1) is 0 Å². The van der Waals surface area contributed by atoms with Crippen LogP contribution in [0.5, 0.6) is 5.75 Å². The molecule has 1 heterocycles. The molecule has 10 heteroatoms. The Hall–Kier alpha value is -1.03. The number of phenolic OH excluding ortho intramolecular Hbond substituents is 1. The van der Waals surface area contributed by atoms with Gasteiger partial charge in [0.15, 0.2) is 0 Å². The number of benzene rings is 4. The van der Waals surface area contributed by atoms with Crippen molar-refractivity contribution in [3.05, 3.63) is 102 Å². The second-order valence-electron chi connectivity index (χ2n) is 6.52. The first kappa shape index (κ1) is 32.0. The molecule has 0 aliphatic heterocycles. The first-order valence-electron chi connectivity index (χ1n) is 9.48. The van der Waals surface area contributed by atoms with E-state index in [1.807, 2.05) is 24.3 Å². The molecular formula is C25H17F3K2O5. The molecule has 35 heavy (non-hydrogen) atoms. The number of aromatic hydroxyl groups is 1. The van der Waals surface area contributed by atoms with Gasteiger partial charge in [0, 0.05) is 10.9 Å². The first-order valence-corrected chi connectivity index (χ1v) is 9.48. The van der Waals surface area contributed by atoms with Crippen LogP contribution in [0.15, 0.2) is 89.3 Å². The van der Waals surface area contributed by atoms with Gasteiger partial charge in [-0.3, -0.25) is 4.79 Å². The van der Waals surface area contributed by atoms with E-state index >= 15 is 0 Å². The standard InChI is InChI=1S/C12H8F2O.C12H7FO.CH2O3.2K.H/c13-9-5-3-6-10(14)12(9)8-4-1-2-7-11(8)15;13-9-5-3-7-11-12(9)8-4-1-2-6-10(8)14-11;2-1-4-3;;;/h1-7,15H;1-7H;1,3H;;;/q;;;2*+1;-1/p-1. The molecule has 0 aliphatic carbocycles. The van der Waals surface area contributed by atoms with Gasteiger partial charge in [-0.25, -0.2) is 13.2 Å². The van der Waals surface area contributed by atoms with Crippen LogP contribution in [0.4, 0.5) is 13.2 Å². The molecule has 0 saturated heterocycles. The SMILES string of the molecule is Fc1cccc2oc3ccccc3c12.O=CO[O-].Oc1ccccc1-c1c(F)cccc1F.[H-].[K+].[K+]. The number of hydrogen-bond donors (Lipinski definition) is 1. The van der Waals surface area contributed by atoms with E-state index in [9.17, 15) is 18.3 Å². The van der Waals surface area contributed by atoms with E-state index in [2.05, 4.69) is 4.89 Å². The smallest absolute Gasteiger partial charge is 1.00 e. The molecule has 0 amide bonds. The minimum absolute atomic E-state index is 0. The van der Waals surface area contributed by atoms with Crippen LogP contribution in [0.3, 0.4) is 0 Å². The van der Waals surface area contributed by atoms with Crippen molar-refractivity contribution in [2.45, 2.75) is 0 Å². The molecule has 0 atom stereocenters. The third-order valence-corrected chi connectivity index (χ3v) is 4.53. The van der Waals surface area contributed by atoms with Crippen molar-refractivity contribution in [2.24, 2.45) is 0 Å². The summed E-state index contributed by atoms with van der Waals surface area (Å²) < 4.78 is 45.7. The molecule has 1 aromatic heterocycles. The molecule has 0 aliphatic rings. The van der Waals surface area contributed by atoms with Gasteiger partial charge in [0.2, 0.25) is 0 Å². The fourth-order valence-electron chi connectivity index (χ4n) is 3.17. The summed E-state index contributed by atoms with van der Waals surface area (Å²) in [7, 11) is 0. The molecular weight excluding hydrogens is 515 g/mol. The fraction of sp³-hybridized carbons (Fsp3) is 0. The monoisotopic (exact) mass is 532 g/mol. The van der Waals surface area contributed by atoms with Crippen molar-refractivity contribution in [3.63, 3.8) is 0 Å². The van der Waals surface area contributed by atoms with Crippen molar-refractivity contribution >= 4 is 28.4 Å². The Labute approximate surface area is 285 Å². The summed E-state index contributed by atoms with van der Waals surface area (Å²) in [6.45, 7) is -0.181. The molecule has 4 aromatic carbocycles. The quantitative estimate of drug-likeness (QED) is 0.145. The van der Waals surface area contributed by atoms with E-state index in [0.29, 0.717) is 11.0 Å². The summed E-state index contributed by atoms with van der Waals surface area (Å²) in [5.74, 6) is -1.73. The predicted octanol–water partition coefficient (Wildman–Crippen LogP) is -0.382. The number of fused-ring (bicyclic) bond motifs is 3. The van der Waals surface area contributed by atoms with Crippen LogP contribution in [-0.2, 0) is 9.68 Å². The largest absolute Gasteiger partial charge is 1.00 e. The zero-order chi connectivity index (χ0) is 23.8. The number of carbonyl (C=O) groups excluding carboxylic acids is 1. The minimum Gasteiger partial charge on any atom is -1.00 e. The van der Waals surface area contributed by atoms with Crippen LogP contribution < -0.4 is 108 Å². The molecule has 0 bridgehead atoms. The number of para-hydroxylation sites is 2. The van der Waals surface area contributed by atoms with E-state index in [-0.39, 0.29) is 133 Å². The van der Waals surface area contributed by atoms with Crippen LogP contribution in [0.1, 0.15) is 1.43 Å². The van der Waals surface area contributed by atoms with Crippen LogP contribution in [0.25, 0.3) is 33.1 Å². The Morgan fingerprint density at radius 2 is 1.29 bits per heavy atom. The summed E-state index contributed by atoms with van der Waals surface area (Å²) in [5, 5.41) is 19.3. The van der Waals surface area contributed by atoms with Gasteiger partial charge in [0.05, 0.1) is 10.9 Å². The van der Waals surface area contributed by atoms with E-state index in [0.717, 1.165) is 23.1 Å². The van der Waals surface area contributed by atoms with Gasteiger partial charge in [0.1, 0.15) is 34.4 Å². The maximum Gasteiger partial charge on any atom is 1.00 e. The van der Waals surface area contributed by atoms with Gasteiger partial charge >= 0.3 is 103 Å². The maximum atomic E-state index is 13.5. The van der Waals surface area contributed by atoms with Crippen LogP contribution in [-0.4, -0.2) is 11.6 Å². The van der Waals surface area contributed by atoms with Gasteiger partial charge in [-0.1, -0.05) is 48.5 Å². The van der Waals surface area contributed by atoms with Crippen molar-refractivity contribution < 1.29 is 142 Å². The summed E-state index contributed by atoms with van der Waals surface area (Å²) in [6, 6.07) is 22.0. The average molecular weight is 533 g/mol. The third kappa shape index (κ3) is 8.24. The van der Waals surface area contributed by atoms with Crippen LogP contribution in [0, 0.1) is 17.5 Å². The molecule has 1 N–H and O–H groups in total. The number of rotatable bonds is 2. The molecule has 0 unspecified atom stereocenters. The Morgan fingerprint density at radius 1 is 0.771 bits per heavy atom. The molecule has 5 nitrogen and oxygen atoms in total. The van der Waals surface area contributed by atoms with Crippen molar-refractivity contribution in [1.29, 1.82) is 0 Å². The molecule has 0 saturated carbocycles. The van der Waals surface area contributed by atoms with Crippen molar-refractivity contribution in [3.8, 4) is 16.9 Å². The second-order valence-corrected chi connectivity index (χ2v) is 6.52. The number of halogens is 3. The predicted molar refractivity (Wildman–Crippen MR) is 115 cm³/mol. The van der Waals surface area contributed by atoms with Gasteiger partial charge < -0.3 is 21.1 Å².